The minimum atomic E-state index is 0.336. The first-order chi connectivity index (χ1) is 10.1. The van der Waals surface area contributed by atoms with Gasteiger partial charge >= 0.3 is 0 Å². The third-order valence-corrected chi connectivity index (χ3v) is 4.44. The summed E-state index contributed by atoms with van der Waals surface area (Å²) < 4.78 is 4.13. The second-order valence-corrected chi connectivity index (χ2v) is 6.23. The molecule has 5 heteroatoms. The van der Waals surface area contributed by atoms with Crippen molar-refractivity contribution in [3.8, 4) is 11.3 Å². The SMILES string of the molecule is CCn1cc(-c2nc(C3CCCC3)n(C(C)C)c2N)cn1. The second kappa shape index (κ2) is 5.54. The van der Waals surface area contributed by atoms with Crippen LogP contribution in [-0.4, -0.2) is 19.3 Å². The summed E-state index contributed by atoms with van der Waals surface area (Å²) in [4.78, 5) is 4.92. The van der Waals surface area contributed by atoms with E-state index in [1.807, 2.05) is 17.1 Å². The molecule has 5 nitrogen and oxygen atoms in total. The van der Waals surface area contributed by atoms with E-state index in [2.05, 4.69) is 30.4 Å². The fraction of sp³-hybridized carbons (Fsp3) is 0.625. The molecule has 2 N–H and O–H groups in total. The molecular weight excluding hydrogens is 262 g/mol. The molecule has 2 heterocycles. The average molecular weight is 287 g/mol. The lowest BCUT2D eigenvalue weighted by molar-refractivity contribution is 0.534. The monoisotopic (exact) mass is 287 g/mol. The Bertz CT molecular complexity index is 617. The van der Waals surface area contributed by atoms with Crippen LogP contribution in [0.5, 0.6) is 0 Å². The van der Waals surface area contributed by atoms with Gasteiger partial charge in [0.1, 0.15) is 17.3 Å². The number of rotatable bonds is 4. The lowest BCUT2D eigenvalue weighted by Gasteiger charge is -2.17. The van der Waals surface area contributed by atoms with Crippen molar-refractivity contribution in [1.29, 1.82) is 0 Å². The second-order valence-electron chi connectivity index (χ2n) is 6.23. The zero-order valence-electron chi connectivity index (χ0n) is 13.2. The van der Waals surface area contributed by atoms with Gasteiger partial charge in [0.25, 0.3) is 0 Å². The Hall–Kier alpha value is -1.78. The Morgan fingerprint density at radius 1 is 1.33 bits per heavy atom. The van der Waals surface area contributed by atoms with E-state index in [0.29, 0.717) is 12.0 Å². The maximum atomic E-state index is 6.42. The number of aromatic nitrogens is 4. The number of nitrogens with two attached hydrogens (primary N) is 1. The van der Waals surface area contributed by atoms with Crippen molar-refractivity contribution in [2.45, 2.75) is 65.0 Å². The summed E-state index contributed by atoms with van der Waals surface area (Å²) >= 11 is 0. The highest BCUT2D eigenvalue weighted by molar-refractivity contribution is 5.70. The summed E-state index contributed by atoms with van der Waals surface area (Å²) in [7, 11) is 0. The Labute approximate surface area is 126 Å². The number of hydrogen-bond donors (Lipinski definition) is 1. The smallest absolute Gasteiger partial charge is 0.132 e. The van der Waals surface area contributed by atoms with Crippen LogP contribution in [0.15, 0.2) is 12.4 Å². The predicted octanol–water partition coefficient (Wildman–Crippen LogP) is 3.59. The Morgan fingerprint density at radius 2 is 2.05 bits per heavy atom. The van der Waals surface area contributed by atoms with Gasteiger partial charge in [0, 0.05) is 30.3 Å². The van der Waals surface area contributed by atoms with Gasteiger partial charge in [0.2, 0.25) is 0 Å². The standard InChI is InChI=1S/C16H25N5/c1-4-20-10-13(9-18-20)14-15(17)21(11(2)3)16(19-14)12-7-5-6-8-12/h9-12H,4-8,17H2,1-3H3. The molecule has 0 saturated heterocycles. The van der Waals surface area contributed by atoms with E-state index >= 15 is 0 Å². The summed E-state index contributed by atoms with van der Waals surface area (Å²) in [6.07, 6.45) is 8.97. The fourth-order valence-electron chi connectivity index (χ4n) is 3.35. The van der Waals surface area contributed by atoms with Crippen molar-refractivity contribution in [3.63, 3.8) is 0 Å². The number of nitrogens with zero attached hydrogens (tertiary/aromatic N) is 4. The van der Waals surface area contributed by atoms with E-state index in [4.69, 9.17) is 10.7 Å². The van der Waals surface area contributed by atoms with Crippen molar-refractivity contribution in [2.75, 3.05) is 5.73 Å². The van der Waals surface area contributed by atoms with E-state index in [1.54, 1.807) is 0 Å². The quantitative estimate of drug-likeness (QED) is 0.934. The van der Waals surface area contributed by atoms with Gasteiger partial charge < -0.3 is 10.3 Å². The largest absolute Gasteiger partial charge is 0.383 e. The molecule has 2 aromatic heterocycles. The molecular formula is C16H25N5. The van der Waals surface area contributed by atoms with Gasteiger partial charge in [-0.05, 0) is 33.6 Å². The molecule has 0 amide bonds. The number of imidazole rings is 1. The zero-order valence-corrected chi connectivity index (χ0v) is 13.2. The molecule has 0 bridgehead atoms. The minimum Gasteiger partial charge on any atom is -0.383 e. The van der Waals surface area contributed by atoms with Gasteiger partial charge in [-0.1, -0.05) is 12.8 Å². The zero-order chi connectivity index (χ0) is 15.0. The van der Waals surface area contributed by atoms with Gasteiger partial charge in [-0.15, -0.1) is 0 Å². The van der Waals surface area contributed by atoms with Crippen molar-refractivity contribution >= 4 is 5.82 Å². The van der Waals surface area contributed by atoms with Crippen LogP contribution in [0.2, 0.25) is 0 Å². The molecule has 3 rings (SSSR count). The summed E-state index contributed by atoms with van der Waals surface area (Å²) in [6, 6.07) is 0.336. The Balaban J connectivity index is 2.06. The molecule has 2 aromatic rings. The maximum Gasteiger partial charge on any atom is 0.132 e. The highest BCUT2D eigenvalue weighted by Gasteiger charge is 2.27. The molecule has 1 aliphatic rings. The van der Waals surface area contributed by atoms with Gasteiger partial charge in [-0.2, -0.15) is 5.10 Å². The highest BCUT2D eigenvalue weighted by Crippen LogP contribution is 2.38. The van der Waals surface area contributed by atoms with Crippen molar-refractivity contribution < 1.29 is 0 Å². The highest BCUT2D eigenvalue weighted by atomic mass is 15.3. The molecule has 1 aliphatic carbocycles. The molecule has 0 aromatic carbocycles. The minimum absolute atomic E-state index is 0.336. The van der Waals surface area contributed by atoms with E-state index in [1.165, 1.54) is 31.5 Å². The lowest BCUT2D eigenvalue weighted by atomic mass is 10.1. The van der Waals surface area contributed by atoms with Crippen LogP contribution in [0.25, 0.3) is 11.3 Å². The molecule has 0 unspecified atom stereocenters. The van der Waals surface area contributed by atoms with Crippen LogP contribution >= 0.6 is 0 Å². The van der Waals surface area contributed by atoms with Gasteiger partial charge in [-0.25, -0.2) is 4.98 Å². The van der Waals surface area contributed by atoms with E-state index in [0.717, 1.165) is 23.6 Å². The summed E-state index contributed by atoms with van der Waals surface area (Å²) in [5.74, 6) is 2.51. The summed E-state index contributed by atoms with van der Waals surface area (Å²) in [5.41, 5.74) is 8.33. The van der Waals surface area contributed by atoms with E-state index in [-0.39, 0.29) is 0 Å². The summed E-state index contributed by atoms with van der Waals surface area (Å²) in [6.45, 7) is 7.29. The molecule has 0 atom stereocenters. The number of nitrogen functional groups attached to an aromatic ring is 1. The first kappa shape index (κ1) is 14.2. The number of anilines is 1. The topological polar surface area (TPSA) is 61.7 Å². The lowest BCUT2D eigenvalue weighted by Crippen LogP contribution is -2.11. The van der Waals surface area contributed by atoms with Crippen LogP contribution < -0.4 is 5.73 Å². The van der Waals surface area contributed by atoms with Crippen LogP contribution in [0.4, 0.5) is 5.82 Å². The maximum absolute atomic E-state index is 6.42. The number of hydrogen-bond acceptors (Lipinski definition) is 3. The van der Waals surface area contributed by atoms with E-state index in [9.17, 15) is 0 Å². The first-order valence-corrected chi connectivity index (χ1v) is 8.02. The van der Waals surface area contributed by atoms with Gasteiger partial charge in [0.15, 0.2) is 0 Å². The molecule has 21 heavy (non-hydrogen) atoms. The Morgan fingerprint density at radius 3 is 2.62 bits per heavy atom. The molecule has 0 spiro atoms. The van der Waals surface area contributed by atoms with Crippen LogP contribution in [0.3, 0.4) is 0 Å². The fourth-order valence-corrected chi connectivity index (χ4v) is 3.35. The normalized spacial score (nSPS) is 16.2. The number of aryl methyl sites for hydroxylation is 1. The van der Waals surface area contributed by atoms with Crippen molar-refractivity contribution in [1.82, 2.24) is 19.3 Å². The van der Waals surface area contributed by atoms with Crippen LogP contribution in [-0.2, 0) is 6.54 Å². The van der Waals surface area contributed by atoms with Gasteiger partial charge in [0.05, 0.1) is 6.20 Å². The molecule has 0 radical (unpaired) electrons. The van der Waals surface area contributed by atoms with Gasteiger partial charge in [-0.3, -0.25) is 4.68 Å². The summed E-state index contributed by atoms with van der Waals surface area (Å²) in [5, 5.41) is 4.35. The first-order valence-electron chi connectivity index (χ1n) is 8.02. The third kappa shape index (κ3) is 2.45. The molecule has 1 saturated carbocycles. The predicted molar refractivity (Wildman–Crippen MR) is 85.1 cm³/mol. The Kier molecular flexibility index (Phi) is 3.74. The van der Waals surface area contributed by atoms with Crippen molar-refractivity contribution in [3.05, 3.63) is 18.2 Å². The van der Waals surface area contributed by atoms with E-state index < -0.39 is 0 Å². The molecule has 114 valence electrons. The van der Waals surface area contributed by atoms with Crippen molar-refractivity contribution in [2.24, 2.45) is 0 Å². The molecule has 1 fully saturated rings. The third-order valence-electron chi connectivity index (χ3n) is 4.44. The molecule has 0 aliphatic heterocycles. The van der Waals surface area contributed by atoms with Crippen LogP contribution in [0, 0.1) is 0 Å². The average Bonchev–Trinajstić information content (AvgIpc) is 3.17. The van der Waals surface area contributed by atoms with Crippen LogP contribution in [0.1, 0.15) is 64.2 Å².